The minimum absolute atomic E-state index is 0.0197. The van der Waals surface area contributed by atoms with Crippen molar-refractivity contribution >= 4 is 11.0 Å². The van der Waals surface area contributed by atoms with Crippen molar-refractivity contribution in [2.45, 2.75) is 36.8 Å². The molecule has 0 spiro atoms. The van der Waals surface area contributed by atoms with Gasteiger partial charge in [-0.3, -0.25) is 4.68 Å². The Balaban J connectivity index is 1.76. The van der Waals surface area contributed by atoms with Gasteiger partial charge in [0.1, 0.15) is 12.0 Å². The number of nitrogens with zero attached hydrogens (tertiary/aromatic N) is 5. The number of nitrogens with two attached hydrogens (primary N) is 2. The lowest BCUT2D eigenvalue weighted by molar-refractivity contribution is -0.202. The SMILES string of the molecule is N#CCC(C1C(N)(N)CCC1(O)O)n1cc(-c2ncnc3[nH]ccc23)cn1. The van der Waals surface area contributed by atoms with Crippen LogP contribution in [-0.2, 0) is 0 Å². The van der Waals surface area contributed by atoms with Crippen LogP contribution in [0.5, 0.6) is 0 Å². The molecule has 0 radical (unpaired) electrons. The Kier molecular flexibility index (Phi) is 3.97. The summed E-state index contributed by atoms with van der Waals surface area (Å²) in [5, 5.41) is 35.3. The van der Waals surface area contributed by atoms with E-state index in [4.69, 9.17) is 11.5 Å². The highest BCUT2D eigenvalue weighted by Gasteiger charge is 2.56. The number of rotatable bonds is 4. The first-order valence-electron chi connectivity index (χ1n) is 8.55. The maximum atomic E-state index is 10.4. The number of aromatic nitrogens is 5. The predicted octanol–water partition coefficient (Wildman–Crippen LogP) is -0.0192. The summed E-state index contributed by atoms with van der Waals surface area (Å²) in [4.78, 5) is 11.5. The number of aliphatic hydroxyl groups is 2. The molecule has 3 aromatic heterocycles. The highest BCUT2D eigenvalue weighted by atomic mass is 16.5. The van der Waals surface area contributed by atoms with E-state index in [9.17, 15) is 15.5 Å². The smallest absolute Gasteiger partial charge is 0.170 e. The van der Waals surface area contributed by atoms with Crippen LogP contribution in [0.3, 0.4) is 0 Å². The number of H-pyrrole nitrogens is 1. The van der Waals surface area contributed by atoms with E-state index in [2.05, 4.69) is 26.1 Å². The van der Waals surface area contributed by atoms with Gasteiger partial charge in [0.25, 0.3) is 0 Å². The van der Waals surface area contributed by atoms with E-state index in [0.29, 0.717) is 16.9 Å². The molecule has 10 heteroatoms. The molecular weight excluding hydrogens is 348 g/mol. The van der Waals surface area contributed by atoms with Crippen molar-refractivity contribution in [2.75, 3.05) is 0 Å². The van der Waals surface area contributed by atoms with E-state index < -0.39 is 23.4 Å². The number of aromatic amines is 1. The summed E-state index contributed by atoms with van der Waals surface area (Å²) in [7, 11) is 0. The molecule has 0 bridgehead atoms. The average molecular weight is 368 g/mol. The minimum Gasteiger partial charge on any atom is -0.365 e. The van der Waals surface area contributed by atoms with Crippen molar-refractivity contribution in [3.8, 4) is 17.3 Å². The number of nitriles is 1. The average Bonchev–Trinajstić information content (AvgIpc) is 3.32. The molecule has 0 saturated heterocycles. The van der Waals surface area contributed by atoms with Crippen LogP contribution in [0, 0.1) is 17.2 Å². The Bertz CT molecular complexity index is 999. The highest BCUT2D eigenvalue weighted by Crippen LogP contribution is 2.45. The number of hydrogen-bond acceptors (Lipinski definition) is 8. The Morgan fingerprint density at radius 3 is 2.89 bits per heavy atom. The second-order valence-electron chi connectivity index (χ2n) is 7.07. The first-order chi connectivity index (χ1) is 12.8. The van der Waals surface area contributed by atoms with Gasteiger partial charge in [0.2, 0.25) is 0 Å². The summed E-state index contributed by atoms with van der Waals surface area (Å²) >= 11 is 0. The van der Waals surface area contributed by atoms with E-state index >= 15 is 0 Å². The number of hydrogen-bond donors (Lipinski definition) is 5. The molecule has 1 aliphatic carbocycles. The van der Waals surface area contributed by atoms with Gasteiger partial charge in [-0.1, -0.05) is 0 Å². The van der Waals surface area contributed by atoms with E-state index in [-0.39, 0.29) is 19.3 Å². The van der Waals surface area contributed by atoms with Gasteiger partial charge in [-0.25, -0.2) is 9.97 Å². The second kappa shape index (κ2) is 6.11. The lowest BCUT2D eigenvalue weighted by Crippen LogP contribution is -2.59. The maximum Gasteiger partial charge on any atom is 0.170 e. The number of nitrogens with one attached hydrogen (secondary N) is 1. The molecular formula is C17H20N8O2. The zero-order chi connectivity index (χ0) is 19.2. The van der Waals surface area contributed by atoms with Crippen LogP contribution < -0.4 is 11.5 Å². The molecule has 4 rings (SSSR count). The van der Waals surface area contributed by atoms with Crippen molar-refractivity contribution < 1.29 is 10.2 Å². The van der Waals surface area contributed by atoms with Crippen molar-refractivity contribution in [2.24, 2.45) is 17.4 Å². The molecule has 1 aliphatic rings. The van der Waals surface area contributed by atoms with Crippen LogP contribution in [0.4, 0.5) is 0 Å². The molecule has 10 nitrogen and oxygen atoms in total. The largest absolute Gasteiger partial charge is 0.365 e. The summed E-state index contributed by atoms with van der Waals surface area (Å²) < 4.78 is 1.52. The van der Waals surface area contributed by atoms with E-state index in [1.165, 1.54) is 11.0 Å². The molecule has 3 heterocycles. The Morgan fingerprint density at radius 1 is 1.37 bits per heavy atom. The van der Waals surface area contributed by atoms with Crippen molar-refractivity contribution in [3.05, 3.63) is 31.0 Å². The quantitative estimate of drug-likeness (QED) is 0.399. The summed E-state index contributed by atoms with van der Waals surface area (Å²) in [6.45, 7) is 0. The van der Waals surface area contributed by atoms with Gasteiger partial charge in [0.15, 0.2) is 5.79 Å². The zero-order valence-corrected chi connectivity index (χ0v) is 14.4. The van der Waals surface area contributed by atoms with Gasteiger partial charge >= 0.3 is 0 Å². The van der Waals surface area contributed by atoms with Gasteiger partial charge in [0.05, 0.1) is 42.0 Å². The molecule has 1 fully saturated rings. The molecule has 0 amide bonds. The molecule has 2 atom stereocenters. The molecule has 27 heavy (non-hydrogen) atoms. The van der Waals surface area contributed by atoms with Crippen molar-refractivity contribution in [1.29, 1.82) is 5.26 Å². The van der Waals surface area contributed by atoms with Crippen LogP contribution in [0.25, 0.3) is 22.3 Å². The third-order valence-electron chi connectivity index (χ3n) is 5.26. The third kappa shape index (κ3) is 2.87. The van der Waals surface area contributed by atoms with Gasteiger partial charge in [-0.15, -0.1) is 0 Å². The lowest BCUT2D eigenvalue weighted by Gasteiger charge is -2.37. The highest BCUT2D eigenvalue weighted by molar-refractivity contribution is 5.89. The van der Waals surface area contributed by atoms with Crippen LogP contribution in [0.1, 0.15) is 25.3 Å². The summed E-state index contributed by atoms with van der Waals surface area (Å²) in [6, 6.07) is 3.24. The number of fused-ring (bicyclic) bond motifs is 1. The third-order valence-corrected chi connectivity index (χ3v) is 5.26. The van der Waals surface area contributed by atoms with Crippen molar-refractivity contribution in [1.82, 2.24) is 24.7 Å². The second-order valence-corrected chi connectivity index (χ2v) is 7.07. The van der Waals surface area contributed by atoms with E-state index in [1.807, 2.05) is 6.07 Å². The van der Waals surface area contributed by atoms with Gasteiger partial charge < -0.3 is 26.7 Å². The topological polar surface area (TPSA) is 176 Å². The summed E-state index contributed by atoms with van der Waals surface area (Å²) in [5.74, 6) is -3.02. The summed E-state index contributed by atoms with van der Waals surface area (Å²) in [6.07, 6.45) is 6.79. The Morgan fingerprint density at radius 2 is 2.19 bits per heavy atom. The maximum absolute atomic E-state index is 10.4. The molecule has 140 valence electrons. The summed E-state index contributed by atoms with van der Waals surface area (Å²) in [5.41, 5.74) is 13.0. The fraction of sp³-hybridized carbons (Fsp3) is 0.412. The molecule has 0 aliphatic heterocycles. The minimum atomic E-state index is -2.07. The van der Waals surface area contributed by atoms with Gasteiger partial charge in [0, 0.05) is 29.8 Å². The predicted molar refractivity (Wildman–Crippen MR) is 95.4 cm³/mol. The van der Waals surface area contributed by atoms with Crippen LogP contribution in [0.2, 0.25) is 0 Å². The molecule has 7 N–H and O–H groups in total. The molecule has 0 aromatic carbocycles. The van der Waals surface area contributed by atoms with Crippen LogP contribution in [0.15, 0.2) is 31.0 Å². The molecule has 2 unspecified atom stereocenters. The normalized spacial score (nSPS) is 22.0. The Labute approximate surface area is 154 Å². The fourth-order valence-corrected chi connectivity index (χ4v) is 4.01. The van der Waals surface area contributed by atoms with Gasteiger partial charge in [-0.2, -0.15) is 10.4 Å². The molecule has 3 aromatic rings. The molecule has 1 saturated carbocycles. The Hall–Kier alpha value is -2.84. The fourth-order valence-electron chi connectivity index (χ4n) is 4.01. The lowest BCUT2D eigenvalue weighted by atomic mass is 9.85. The first-order valence-corrected chi connectivity index (χ1v) is 8.55. The van der Waals surface area contributed by atoms with E-state index in [0.717, 1.165) is 5.39 Å². The van der Waals surface area contributed by atoms with Crippen LogP contribution in [-0.4, -0.2) is 46.4 Å². The van der Waals surface area contributed by atoms with Crippen molar-refractivity contribution in [3.63, 3.8) is 0 Å². The monoisotopic (exact) mass is 368 g/mol. The zero-order valence-electron chi connectivity index (χ0n) is 14.4. The van der Waals surface area contributed by atoms with Gasteiger partial charge in [-0.05, 0) is 12.5 Å². The van der Waals surface area contributed by atoms with Crippen LogP contribution >= 0.6 is 0 Å². The van der Waals surface area contributed by atoms with E-state index in [1.54, 1.807) is 18.6 Å². The standard InChI is InChI=1S/C17H20N8O2/c18-5-1-12(14-16(19,20)3-4-17(14,26)27)25-8-10(7-24-25)13-11-2-6-21-15(11)23-9-22-13/h2,6-9,12,14,26-27H,1,3-4,19-20H2,(H,21,22,23). The first kappa shape index (κ1) is 17.6.